The van der Waals surface area contributed by atoms with Crippen molar-refractivity contribution in [2.75, 3.05) is 0 Å². The summed E-state index contributed by atoms with van der Waals surface area (Å²) in [6.45, 7) is 8.88. The maximum absolute atomic E-state index is 4.43. The Kier molecular flexibility index (Phi) is 5.53. The number of aryl methyl sites for hydroxylation is 2. The Hall–Kier alpha value is -1.85. The summed E-state index contributed by atoms with van der Waals surface area (Å²) in [6.07, 6.45) is 2.95. The van der Waals surface area contributed by atoms with Gasteiger partial charge in [-0.15, -0.1) is 28.1 Å². The molecule has 0 aliphatic heterocycles. The predicted molar refractivity (Wildman–Crippen MR) is 104 cm³/mol. The highest BCUT2D eigenvalue weighted by Crippen LogP contribution is 2.29. The lowest BCUT2D eigenvalue weighted by atomic mass is 10.2. The van der Waals surface area contributed by atoms with Gasteiger partial charge in [-0.1, -0.05) is 54.6 Å². The summed E-state index contributed by atoms with van der Waals surface area (Å²) in [5, 5.41) is 11.9. The zero-order valence-electron chi connectivity index (χ0n) is 14.0. The van der Waals surface area contributed by atoms with Crippen LogP contribution in [-0.2, 0) is 18.7 Å². The number of thioether (sulfide) groups is 1. The molecule has 0 aliphatic rings. The molecule has 3 aromatic rings. The van der Waals surface area contributed by atoms with Crippen molar-refractivity contribution in [2.45, 2.75) is 37.7 Å². The minimum Gasteiger partial charge on any atom is -0.298 e. The Morgan fingerprint density at radius 3 is 2.71 bits per heavy atom. The lowest BCUT2D eigenvalue weighted by Gasteiger charge is -2.07. The third-order valence-electron chi connectivity index (χ3n) is 3.78. The van der Waals surface area contributed by atoms with Crippen LogP contribution in [0.2, 0.25) is 0 Å². The largest absolute Gasteiger partial charge is 0.298 e. The maximum Gasteiger partial charge on any atom is 0.192 e. The van der Waals surface area contributed by atoms with Crippen LogP contribution in [0.3, 0.4) is 0 Å². The lowest BCUT2D eigenvalue weighted by molar-refractivity contribution is 0.731. The number of allylic oxidation sites excluding steroid dienone is 1. The zero-order valence-corrected chi connectivity index (χ0v) is 15.7. The van der Waals surface area contributed by atoms with E-state index in [0.29, 0.717) is 0 Å². The van der Waals surface area contributed by atoms with Gasteiger partial charge in [0, 0.05) is 28.1 Å². The average Bonchev–Trinajstić information content (AvgIpc) is 3.21. The number of aromatic nitrogens is 3. The second-order valence-corrected chi connectivity index (χ2v) is 7.57. The number of rotatable bonds is 7. The minimum absolute atomic E-state index is 0.718. The lowest BCUT2D eigenvalue weighted by Crippen LogP contribution is -2.00. The third kappa shape index (κ3) is 3.79. The molecule has 24 heavy (non-hydrogen) atoms. The average molecular weight is 356 g/mol. The summed E-state index contributed by atoms with van der Waals surface area (Å²) in [7, 11) is 0. The second kappa shape index (κ2) is 7.81. The molecule has 0 saturated carbocycles. The van der Waals surface area contributed by atoms with Gasteiger partial charge >= 0.3 is 0 Å². The molecule has 0 N–H and O–H groups in total. The molecule has 0 unspecified atom stereocenters. The quantitative estimate of drug-likeness (QED) is 0.422. The van der Waals surface area contributed by atoms with Gasteiger partial charge in [0.05, 0.1) is 0 Å². The van der Waals surface area contributed by atoms with E-state index in [2.05, 4.69) is 70.9 Å². The number of hydrogen-bond donors (Lipinski definition) is 0. The molecule has 2 heterocycles. The van der Waals surface area contributed by atoms with E-state index in [4.69, 9.17) is 0 Å². The Morgan fingerprint density at radius 1 is 1.25 bits per heavy atom. The summed E-state index contributed by atoms with van der Waals surface area (Å²) in [5.41, 5.74) is 3.72. The van der Waals surface area contributed by atoms with Crippen LogP contribution in [0.5, 0.6) is 0 Å². The van der Waals surface area contributed by atoms with Crippen molar-refractivity contribution in [3.8, 4) is 11.4 Å². The number of nitrogens with zero attached hydrogens (tertiary/aromatic N) is 3. The van der Waals surface area contributed by atoms with Crippen molar-refractivity contribution >= 4 is 23.1 Å². The molecule has 3 rings (SSSR count). The van der Waals surface area contributed by atoms with Gasteiger partial charge in [-0.25, -0.2) is 0 Å². The van der Waals surface area contributed by atoms with Crippen LogP contribution in [0.1, 0.15) is 22.9 Å². The molecule has 1 aromatic carbocycles. The molecule has 0 spiro atoms. The highest BCUT2D eigenvalue weighted by molar-refractivity contribution is 7.98. The molecule has 0 radical (unpaired) electrons. The van der Waals surface area contributed by atoms with Crippen LogP contribution in [0.25, 0.3) is 11.4 Å². The molecular formula is C19H21N3S2. The molecule has 0 atom stereocenters. The molecule has 0 bridgehead atoms. The van der Waals surface area contributed by atoms with Gasteiger partial charge < -0.3 is 0 Å². The number of benzene rings is 1. The van der Waals surface area contributed by atoms with E-state index >= 15 is 0 Å². The number of hydrogen-bond acceptors (Lipinski definition) is 4. The van der Waals surface area contributed by atoms with E-state index in [9.17, 15) is 0 Å². The molecular weight excluding hydrogens is 334 g/mol. The smallest absolute Gasteiger partial charge is 0.192 e. The van der Waals surface area contributed by atoms with Crippen molar-refractivity contribution in [3.63, 3.8) is 0 Å². The topological polar surface area (TPSA) is 30.7 Å². The van der Waals surface area contributed by atoms with Gasteiger partial charge in [0.1, 0.15) is 0 Å². The molecule has 3 nitrogen and oxygen atoms in total. The van der Waals surface area contributed by atoms with E-state index in [1.54, 1.807) is 23.1 Å². The monoisotopic (exact) mass is 355 g/mol. The fourth-order valence-corrected chi connectivity index (χ4v) is 4.14. The Balaban J connectivity index is 1.82. The summed E-state index contributed by atoms with van der Waals surface area (Å²) in [4.78, 5) is 1.37. The first-order valence-electron chi connectivity index (χ1n) is 8.01. The summed E-state index contributed by atoms with van der Waals surface area (Å²) >= 11 is 3.50. The Bertz CT molecular complexity index is 816. The van der Waals surface area contributed by atoms with Gasteiger partial charge in [0.25, 0.3) is 0 Å². The van der Waals surface area contributed by atoms with Crippen molar-refractivity contribution in [2.24, 2.45) is 0 Å². The molecule has 5 heteroatoms. The van der Waals surface area contributed by atoms with Crippen LogP contribution in [0, 0.1) is 6.92 Å². The summed E-state index contributed by atoms with van der Waals surface area (Å²) in [6, 6.07) is 10.8. The molecule has 0 amide bonds. The van der Waals surface area contributed by atoms with Gasteiger partial charge in [0.15, 0.2) is 11.0 Å². The Morgan fingerprint density at radius 2 is 2.04 bits per heavy atom. The SMILES string of the molecule is C=CCn1c(SCc2ccc(C)cc2)nnc1-c1csc(CC)c1. The highest BCUT2D eigenvalue weighted by atomic mass is 32.2. The van der Waals surface area contributed by atoms with Gasteiger partial charge in [-0.3, -0.25) is 4.57 Å². The van der Waals surface area contributed by atoms with Crippen LogP contribution >= 0.6 is 23.1 Å². The van der Waals surface area contributed by atoms with Crippen LogP contribution in [0.15, 0.2) is 53.5 Å². The normalized spacial score (nSPS) is 10.9. The first kappa shape index (κ1) is 17.0. The van der Waals surface area contributed by atoms with Crippen LogP contribution < -0.4 is 0 Å². The fourth-order valence-electron chi connectivity index (χ4n) is 2.42. The molecule has 0 saturated heterocycles. The summed E-state index contributed by atoms with van der Waals surface area (Å²) < 4.78 is 2.15. The first-order valence-corrected chi connectivity index (χ1v) is 9.88. The third-order valence-corrected chi connectivity index (χ3v) is 5.90. The maximum atomic E-state index is 4.43. The van der Waals surface area contributed by atoms with E-state index in [-0.39, 0.29) is 0 Å². The van der Waals surface area contributed by atoms with E-state index in [1.165, 1.54) is 16.0 Å². The molecule has 2 aromatic heterocycles. The van der Waals surface area contributed by atoms with E-state index < -0.39 is 0 Å². The van der Waals surface area contributed by atoms with Crippen LogP contribution in [0.4, 0.5) is 0 Å². The molecule has 124 valence electrons. The van der Waals surface area contributed by atoms with Crippen molar-refractivity contribution < 1.29 is 0 Å². The van der Waals surface area contributed by atoms with Gasteiger partial charge in [-0.05, 0) is 25.0 Å². The minimum atomic E-state index is 0.718. The highest BCUT2D eigenvalue weighted by Gasteiger charge is 2.14. The fraction of sp³-hybridized carbons (Fsp3) is 0.263. The molecule has 0 fully saturated rings. The summed E-state index contributed by atoms with van der Waals surface area (Å²) in [5.74, 6) is 1.82. The van der Waals surface area contributed by atoms with E-state index in [0.717, 1.165) is 35.3 Å². The predicted octanol–water partition coefficient (Wildman–Crippen LogP) is 5.36. The van der Waals surface area contributed by atoms with Gasteiger partial charge in [-0.2, -0.15) is 0 Å². The standard InChI is InChI=1S/C19H21N3S2/c1-4-10-22-18(16-11-17(5-2)23-13-16)20-21-19(22)24-12-15-8-6-14(3)7-9-15/h4,6-9,11,13H,1,5,10,12H2,2-3H3. The Labute approximate surface area is 151 Å². The van der Waals surface area contributed by atoms with Crippen molar-refractivity contribution in [1.29, 1.82) is 0 Å². The first-order chi connectivity index (χ1) is 11.7. The second-order valence-electron chi connectivity index (χ2n) is 5.63. The number of thiophene rings is 1. The van der Waals surface area contributed by atoms with Gasteiger partial charge in [0.2, 0.25) is 0 Å². The van der Waals surface area contributed by atoms with Crippen molar-refractivity contribution in [1.82, 2.24) is 14.8 Å². The van der Waals surface area contributed by atoms with Crippen LogP contribution in [-0.4, -0.2) is 14.8 Å². The van der Waals surface area contributed by atoms with Crippen molar-refractivity contribution in [3.05, 3.63) is 64.4 Å². The van der Waals surface area contributed by atoms with E-state index in [1.807, 2.05) is 6.08 Å². The zero-order chi connectivity index (χ0) is 16.9. The molecule has 0 aliphatic carbocycles.